The van der Waals surface area contributed by atoms with E-state index in [2.05, 4.69) is 26.9 Å². The van der Waals surface area contributed by atoms with Crippen molar-refractivity contribution < 1.29 is 9.22 Å². The minimum atomic E-state index is -1.77. The summed E-state index contributed by atoms with van der Waals surface area (Å²) in [5.41, 5.74) is 0. The monoisotopic (exact) mass is 426 g/mol. The molecule has 0 atom stereocenters. The average molecular weight is 427 g/mol. The molecule has 29 heavy (non-hydrogen) atoms. The molecule has 0 radical (unpaired) electrons. The van der Waals surface area contributed by atoms with Gasteiger partial charge in [0.15, 0.2) is 0 Å². The van der Waals surface area contributed by atoms with Crippen molar-refractivity contribution in [1.82, 2.24) is 0 Å². The number of rotatable bonds is 22. The lowest BCUT2D eigenvalue weighted by Crippen LogP contribution is -2.33. The summed E-state index contributed by atoms with van der Waals surface area (Å²) in [5.74, 6) is 0.0619. The highest BCUT2D eigenvalue weighted by atomic mass is 28.4. The van der Waals surface area contributed by atoms with Gasteiger partial charge in [-0.15, -0.1) is 0 Å². The minimum absolute atomic E-state index is 0.0619. The molecule has 0 saturated carbocycles. The molecular weight excluding hydrogens is 372 g/mol. The van der Waals surface area contributed by atoms with Crippen LogP contribution in [0.15, 0.2) is 0 Å². The molecular formula is C26H54O2Si. The van der Waals surface area contributed by atoms with Gasteiger partial charge < -0.3 is 4.43 Å². The zero-order chi connectivity index (χ0) is 21.6. The first kappa shape index (κ1) is 28.7. The number of hydrogen-bond donors (Lipinski definition) is 0. The van der Waals surface area contributed by atoms with Gasteiger partial charge >= 0.3 is 0 Å². The molecule has 0 rings (SSSR count). The van der Waals surface area contributed by atoms with E-state index in [-0.39, 0.29) is 5.97 Å². The van der Waals surface area contributed by atoms with Gasteiger partial charge in [0, 0.05) is 6.42 Å². The van der Waals surface area contributed by atoms with E-state index in [1.807, 2.05) is 0 Å². The summed E-state index contributed by atoms with van der Waals surface area (Å²) in [7, 11) is -1.77. The van der Waals surface area contributed by atoms with Crippen LogP contribution in [0.4, 0.5) is 0 Å². The summed E-state index contributed by atoms with van der Waals surface area (Å²) in [5, 5.41) is 0. The van der Waals surface area contributed by atoms with Gasteiger partial charge in [-0.25, -0.2) is 0 Å². The van der Waals surface area contributed by atoms with E-state index < -0.39 is 8.32 Å². The third kappa shape index (κ3) is 22.2. The van der Waals surface area contributed by atoms with Crippen LogP contribution in [0, 0.1) is 0 Å². The number of hydrogen-bond acceptors (Lipinski definition) is 2. The quantitative estimate of drug-likeness (QED) is 0.127. The van der Waals surface area contributed by atoms with Crippen LogP contribution in [0.5, 0.6) is 0 Å². The van der Waals surface area contributed by atoms with E-state index in [1.54, 1.807) is 0 Å². The van der Waals surface area contributed by atoms with Crippen LogP contribution < -0.4 is 0 Å². The minimum Gasteiger partial charge on any atom is -0.520 e. The van der Waals surface area contributed by atoms with Crippen LogP contribution in [-0.4, -0.2) is 14.3 Å². The van der Waals surface area contributed by atoms with Crippen molar-refractivity contribution in [2.45, 2.75) is 161 Å². The zero-order valence-corrected chi connectivity index (χ0v) is 21.7. The maximum Gasteiger partial charge on any atom is 0.292 e. The second-order valence-electron chi connectivity index (χ2n) is 9.74. The van der Waals surface area contributed by atoms with Gasteiger partial charge in [-0.3, -0.25) is 4.79 Å². The molecule has 0 aliphatic carbocycles. The predicted octanol–water partition coefficient (Wildman–Crippen LogP) is 9.58. The van der Waals surface area contributed by atoms with Gasteiger partial charge in [0.25, 0.3) is 5.97 Å². The summed E-state index contributed by atoms with van der Waals surface area (Å²) >= 11 is 0. The topological polar surface area (TPSA) is 26.3 Å². The fraction of sp³-hybridized carbons (Fsp3) is 0.962. The van der Waals surface area contributed by atoms with E-state index >= 15 is 0 Å². The lowest BCUT2D eigenvalue weighted by Gasteiger charge is -2.22. The van der Waals surface area contributed by atoms with Gasteiger partial charge in [-0.05, 0) is 25.6 Å². The van der Waals surface area contributed by atoms with Gasteiger partial charge in [0.05, 0.1) is 0 Å². The number of carbonyl (C=O) groups is 1. The van der Waals surface area contributed by atoms with Gasteiger partial charge in [0.2, 0.25) is 8.32 Å². The third-order valence-corrected chi connectivity index (χ3v) is 8.34. The van der Waals surface area contributed by atoms with Crippen molar-refractivity contribution in [1.29, 1.82) is 0 Å². The second-order valence-corrected chi connectivity index (χ2v) is 14.0. The number of unbranched alkanes of at least 4 members (excludes halogenated alkanes) is 17. The standard InChI is InChI=1S/C26H54O2Si/c1-5-7-9-11-12-13-14-15-16-17-18-19-20-21-22-24-26(27)28-29(3,4)25-23-10-8-6-2/h5-25H2,1-4H3. The summed E-state index contributed by atoms with van der Waals surface area (Å²) in [6.45, 7) is 8.92. The summed E-state index contributed by atoms with van der Waals surface area (Å²) in [6, 6.07) is 1.12. The van der Waals surface area contributed by atoms with Crippen LogP contribution in [0.3, 0.4) is 0 Å². The molecule has 0 aromatic rings. The van der Waals surface area contributed by atoms with Crippen LogP contribution in [0.25, 0.3) is 0 Å². The maximum absolute atomic E-state index is 12.1. The van der Waals surface area contributed by atoms with Crippen molar-refractivity contribution in [3.63, 3.8) is 0 Å². The zero-order valence-electron chi connectivity index (χ0n) is 20.7. The molecule has 0 aromatic carbocycles. The lowest BCUT2D eigenvalue weighted by molar-refractivity contribution is -0.135. The highest BCUT2D eigenvalue weighted by Crippen LogP contribution is 2.18. The molecule has 0 spiro atoms. The van der Waals surface area contributed by atoms with E-state index in [9.17, 15) is 4.79 Å². The van der Waals surface area contributed by atoms with Crippen molar-refractivity contribution >= 4 is 14.3 Å². The fourth-order valence-corrected chi connectivity index (χ4v) is 5.95. The number of carbonyl (C=O) groups excluding carboxylic acids is 1. The highest BCUT2D eigenvalue weighted by molar-refractivity contribution is 6.72. The molecule has 0 amide bonds. The smallest absolute Gasteiger partial charge is 0.292 e. The van der Waals surface area contributed by atoms with Crippen molar-refractivity contribution in [3.05, 3.63) is 0 Å². The average Bonchev–Trinajstić information content (AvgIpc) is 2.68. The van der Waals surface area contributed by atoms with Crippen LogP contribution in [0.1, 0.15) is 142 Å². The molecule has 0 bridgehead atoms. The first-order chi connectivity index (χ1) is 14.0. The Labute approximate surface area is 185 Å². The van der Waals surface area contributed by atoms with Gasteiger partial charge in [-0.2, -0.15) is 0 Å². The maximum atomic E-state index is 12.1. The molecule has 0 N–H and O–H groups in total. The third-order valence-electron chi connectivity index (χ3n) is 6.01. The van der Waals surface area contributed by atoms with Crippen LogP contribution in [-0.2, 0) is 9.22 Å². The molecule has 3 heteroatoms. The van der Waals surface area contributed by atoms with Crippen molar-refractivity contribution in [2.24, 2.45) is 0 Å². The Balaban J connectivity index is 3.36. The predicted molar refractivity (Wildman–Crippen MR) is 132 cm³/mol. The van der Waals surface area contributed by atoms with Crippen LogP contribution in [0.2, 0.25) is 19.1 Å². The molecule has 0 heterocycles. The molecule has 0 aliphatic rings. The first-order valence-corrected chi connectivity index (χ1v) is 16.3. The molecule has 2 nitrogen and oxygen atoms in total. The van der Waals surface area contributed by atoms with E-state index in [4.69, 9.17) is 4.43 Å². The molecule has 0 unspecified atom stereocenters. The second kappa shape index (κ2) is 20.9. The fourth-order valence-electron chi connectivity index (χ4n) is 4.03. The summed E-state index contributed by atoms with van der Waals surface area (Å²) < 4.78 is 5.84. The Morgan fingerprint density at radius 3 is 1.31 bits per heavy atom. The Morgan fingerprint density at radius 1 is 0.552 bits per heavy atom. The van der Waals surface area contributed by atoms with E-state index in [0.29, 0.717) is 6.42 Å². The van der Waals surface area contributed by atoms with E-state index in [1.165, 1.54) is 116 Å². The molecule has 0 aromatic heterocycles. The van der Waals surface area contributed by atoms with Crippen molar-refractivity contribution in [2.75, 3.05) is 0 Å². The SMILES string of the molecule is CCCCCCCCCCCCCCCCCC(=O)O[Si](C)(C)CCCCCC. The van der Waals surface area contributed by atoms with E-state index in [0.717, 1.165) is 12.5 Å². The largest absolute Gasteiger partial charge is 0.520 e. The Hall–Kier alpha value is -0.313. The Kier molecular flexibility index (Phi) is 20.7. The van der Waals surface area contributed by atoms with Gasteiger partial charge in [-0.1, -0.05) is 129 Å². The summed E-state index contributed by atoms with van der Waals surface area (Å²) in [4.78, 5) is 12.1. The molecule has 0 aliphatic heterocycles. The van der Waals surface area contributed by atoms with Crippen molar-refractivity contribution in [3.8, 4) is 0 Å². The lowest BCUT2D eigenvalue weighted by atomic mass is 10.0. The van der Waals surface area contributed by atoms with Gasteiger partial charge in [0.1, 0.15) is 0 Å². The normalized spacial score (nSPS) is 11.7. The van der Waals surface area contributed by atoms with Crippen LogP contribution >= 0.6 is 0 Å². The Bertz CT molecular complexity index is 355. The Morgan fingerprint density at radius 2 is 0.897 bits per heavy atom. The molecule has 0 fully saturated rings. The molecule has 174 valence electrons. The highest BCUT2D eigenvalue weighted by Gasteiger charge is 2.25. The summed E-state index contributed by atoms with van der Waals surface area (Å²) in [6.07, 6.45) is 26.1. The first-order valence-electron chi connectivity index (χ1n) is 13.2. The molecule has 0 saturated heterocycles.